The Hall–Kier alpha value is -4.14. The standard InChI is InChI=1S/C27H18N4S/c1-30-17-22(20-14-8-9-15-23(20)30)26-21(16-28)25-27(32-26)24(18-10-4-2-5-11-18)29-31(25)19-12-6-3-7-13-19/h2-15,17H,1H3. The number of aryl methyl sites for hydroxylation is 1. The van der Waals surface area contributed by atoms with Crippen molar-refractivity contribution >= 4 is 32.5 Å². The number of thiophene rings is 1. The second-order valence-electron chi connectivity index (χ2n) is 7.73. The first kappa shape index (κ1) is 18.6. The Morgan fingerprint density at radius 1 is 0.875 bits per heavy atom. The summed E-state index contributed by atoms with van der Waals surface area (Å²) in [6.07, 6.45) is 2.12. The zero-order valence-corrected chi connectivity index (χ0v) is 18.2. The number of nitrogens with zero attached hydrogens (tertiary/aromatic N) is 4. The molecule has 0 aliphatic rings. The molecule has 3 aromatic carbocycles. The maximum Gasteiger partial charge on any atom is 0.111 e. The largest absolute Gasteiger partial charge is 0.350 e. The van der Waals surface area contributed by atoms with Gasteiger partial charge in [-0.05, 0) is 18.2 Å². The third-order valence-corrected chi connectivity index (χ3v) is 7.03. The van der Waals surface area contributed by atoms with Crippen molar-refractivity contribution in [3.63, 3.8) is 0 Å². The van der Waals surface area contributed by atoms with Crippen LogP contribution in [0.2, 0.25) is 0 Å². The predicted molar refractivity (Wildman–Crippen MR) is 131 cm³/mol. The van der Waals surface area contributed by atoms with Crippen LogP contribution >= 0.6 is 11.3 Å². The van der Waals surface area contributed by atoms with E-state index in [4.69, 9.17) is 5.10 Å². The predicted octanol–water partition coefficient (Wildman–Crippen LogP) is 6.78. The summed E-state index contributed by atoms with van der Waals surface area (Å²) in [6, 6.07) is 31.0. The zero-order chi connectivity index (χ0) is 21.7. The van der Waals surface area contributed by atoms with Crippen molar-refractivity contribution in [3.8, 4) is 33.5 Å². The highest BCUT2D eigenvalue weighted by atomic mass is 32.1. The van der Waals surface area contributed by atoms with Gasteiger partial charge in [-0.2, -0.15) is 10.4 Å². The van der Waals surface area contributed by atoms with Gasteiger partial charge in [-0.25, -0.2) is 4.68 Å². The molecule has 0 N–H and O–H groups in total. The summed E-state index contributed by atoms with van der Waals surface area (Å²) in [6.45, 7) is 0. The van der Waals surface area contributed by atoms with Gasteiger partial charge in [0.05, 0.1) is 20.8 Å². The minimum atomic E-state index is 0.667. The van der Waals surface area contributed by atoms with E-state index in [2.05, 4.69) is 41.1 Å². The van der Waals surface area contributed by atoms with Crippen molar-refractivity contribution in [3.05, 3.63) is 96.7 Å². The Bertz CT molecular complexity index is 1630. The molecule has 0 bridgehead atoms. The fourth-order valence-corrected chi connectivity index (χ4v) is 5.60. The van der Waals surface area contributed by atoms with Gasteiger partial charge >= 0.3 is 0 Å². The average Bonchev–Trinajstić information content (AvgIpc) is 3.50. The normalized spacial score (nSPS) is 11.2. The summed E-state index contributed by atoms with van der Waals surface area (Å²) in [5.74, 6) is 0. The molecule has 4 nitrogen and oxygen atoms in total. The van der Waals surface area contributed by atoms with Crippen LogP contribution in [0.25, 0.3) is 48.5 Å². The van der Waals surface area contributed by atoms with Gasteiger partial charge in [0.2, 0.25) is 0 Å². The van der Waals surface area contributed by atoms with Gasteiger partial charge in [0.25, 0.3) is 0 Å². The smallest absolute Gasteiger partial charge is 0.111 e. The topological polar surface area (TPSA) is 46.5 Å². The molecule has 0 fully saturated rings. The average molecular weight is 431 g/mol. The zero-order valence-electron chi connectivity index (χ0n) is 17.4. The summed E-state index contributed by atoms with van der Waals surface area (Å²) in [4.78, 5) is 0.985. The van der Waals surface area contributed by atoms with E-state index in [-0.39, 0.29) is 0 Å². The van der Waals surface area contributed by atoms with Crippen LogP contribution in [0.5, 0.6) is 0 Å². The molecule has 0 aliphatic heterocycles. The van der Waals surface area contributed by atoms with Crippen LogP contribution in [0.3, 0.4) is 0 Å². The molecule has 152 valence electrons. The molecular weight excluding hydrogens is 412 g/mol. The van der Waals surface area contributed by atoms with Gasteiger partial charge in [0.1, 0.15) is 17.3 Å². The van der Waals surface area contributed by atoms with Gasteiger partial charge in [-0.3, -0.25) is 0 Å². The molecule has 32 heavy (non-hydrogen) atoms. The lowest BCUT2D eigenvalue weighted by Crippen LogP contribution is -1.97. The van der Waals surface area contributed by atoms with Gasteiger partial charge in [0, 0.05) is 35.3 Å². The van der Waals surface area contributed by atoms with Crippen LogP contribution in [-0.2, 0) is 7.05 Å². The fraction of sp³-hybridized carbons (Fsp3) is 0.0370. The Balaban J connectivity index is 1.72. The van der Waals surface area contributed by atoms with E-state index in [9.17, 15) is 5.26 Å². The first-order valence-electron chi connectivity index (χ1n) is 10.4. The van der Waals surface area contributed by atoms with Crippen molar-refractivity contribution in [1.82, 2.24) is 14.3 Å². The molecule has 0 aliphatic carbocycles. The van der Waals surface area contributed by atoms with Crippen LogP contribution in [0, 0.1) is 11.3 Å². The Morgan fingerprint density at radius 3 is 2.31 bits per heavy atom. The highest BCUT2D eigenvalue weighted by molar-refractivity contribution is 7.23. The van der Waals surface area contributed by atoms with E-state index in [1.807, 2.05) is 72.4 Å². The third-order valence-electron chi connectivity index (χ3n) is 5.81. The van der Waals surface area contributed by atoms with Gasteiger partial charge in [-0.15, -0.1) is 11.3 Å². The van der Waals surface area contributed by atoms with Gasteiger partial charge in [0.15, 0.2) is 0 Å². The highest BCUT2D eigenvalue weighted by Gasteiger charge is 2.25. The van der Waals surface area contributed by atoms with Crippen molar-refractivity contribution in [2.45, 2.75) is 0 Å². The molecule has 6 rings (SSSR count). The lowest BCUT2D eigenvalue weighted by molar-refractivity contribution is 0.914. The summed E-state index contributed by atoms with van der Waals surface area (Å²) in [5.41, 5.74) is 6.65. The van der Waals surface area contributed by atoms with Crippen LogP contribution in [0.15, 0.2) is 91.1 Å². The molecule has 3 aromatic heterocycles. The Kier molecular flexibility index (Phi) is 4.20. The molecule has 0 amide bonds. The number of para-hydroxylation sites is 2. The lowest BCUT2D eigenvalue weighted by atomic mass is 10.1. The van der Waals surface area contributed by atoms with E-state index < -0.39 is 0 Å². The van der Waals surface area contributed by atoms with Crippen molar-refractivity contribution in [2.24, 2.45) is 7.05 Å². The minimum Gasteiger partial charge on any atom is -0.350 e. The number of benzene rings is 3. The molecule has 0 unspecified atom stereocenters. The maximum absolute atomic E-state index is 10.3. The van der Waals surface area contributed by atoms with Crippen LogP contribution < -0.4 is 0 Å². The molecule has 5 heteroatoms. The first-order chi connectivity index (χ1) is 15.8. The molecule has 0 saturated heterocycles. The number of hydrogen-bond donors (Lipinski definition) is 0. The summed E-state index contributed by atoms with van der Waals surface area (Å²) in [7, 11) is 2.05. The monoisotopic (exact) mass is 430 g/mol. The molecule has 0 atom stereocenters. The van der Waals surface area contributed by atoms with E-state index in [1.54, 1.807) is 11.3 Å². The third kappa shape index (κ3) is 2.71. The van der Waals surface area contributed by atoms with Crippen LogP contribution in [0.1, 0.15) is 5.56 Å². The summed E-state index contributed by atoms with van der Waals surface area (Å²) in [5, 5.41) is 16.4. The summed E-state index contributed by atoms with van der Waals surface area (Å²) >= 11 is 1.65. The van der Waals surface area contributed by atoms with Crippen molar-refractivity contribution in [2.75, 3.05) is 0 Å². The van der Waals surface area contributed by atoms with E-state index in [0.29, 0.717) is 5.56 Å². The first-order valence-corrected chi connectivity index (χ1v) is 11.2. The second-order valence-corrected chi connectivity index (χ2v) is 8.75. The number of rotatable bonds is 3. The lowest BCUT2D eigenvalue weighted by Gasteiger charge is -2.04. The quantitative estimate of drug-likeness (QED) is 0.310. The molecule has 0 radical (unpaired) electrons. The molecule has 3 heterocycles. The van der Waals surface area contributed by atoms with Crippen LogP contribution in [-0.4, -0.2) is 14.3 Å². The SMILES string of the molecule is Cn1cc(-c2sc3c(-c4ccccc4)nn(-c4ccccc4)c3c2C#N)c2ccccc21. The van der Waals surface area contributed by atoms with Crippen molar-refractivity contribution in [1.29, 1.82) is 5.26 Å². The van der Waals surface area contributed by atoms with E-state index >= 15 is 0 Å². The summed E-state index contributed by atoms with van der Waals surface area (Å²) < 4.78 is 5.07. The maximum atomic E-state index is 10.3. The number of nitriles is 1. The van der Waals surface area contributed by atoms with Gasteiger partial charge in [-0.1, -0.05) is 66.7 Å². The number of aromatic nitrogens is 3. The van der Waals surface area contributed by atoms with E-state index in [1.165, 1.54) is 0 Å². The molecule has 6 aromatic rings. The number of fused-ring (bicyclic) bond motifs is 2. The fourth-order valence-electron chi connectivity index (χ4n) is 4.34. The Morgan fingerprint density at radius 2 is 1.56 bits per heavy atom. The van der Waals surface area contributed by atoms with E-state index in [0.717, 1.165) is 48.5 Å². The van der Waals surface area contributed by atoms with Crippen LogP contribution in [0.4, 0.5) is 0 Å². The van der Waals surface area contributed by atoms with Crippen molar-refractivity contribution < 1.29 is 0 Å². The minimum absolute atomic E-state index is 0.667. The highest BCUT2D eigenvalue weighted by Crippen LogP contribution is 2.45. The number of hydrogen-bond acceptors (Lipinski definition) is 3. The second kappa shape index (κ2) is 7.23. The van der Waals surface area contributed by atoms with Gasteiger partial charge < -0.3 is 4.57 Å². The molecule has 0 spiro atoms. The molecular formula is C27H18N4S. The Labute approximate surface area is 189 Å². The molecule has 0 saturated carbocycles.